The maximum absolute atomic E-state index is 6.01. The Hall–Kier alpha value is -3.08. The molecule has 0 spiro atoms. The summed E-state index contributed by atoms with van der Waals surface area (Å²) in [4.78, 5) is 11.6. The van der Waals surface area contributed by atoms with Gasteiger partial charge in [-0.3, -0.25) is 0 Å². The van der Waals surface area contributed by atoms with Crippen molar-refractivity contribution in [2.24, 2.45) is 0 Å². The first kappa shape index (κ1) is 16.4. The molecule has 2 heterocycles. The third-order valence-corrected chi connectivity index (χ3v) is 4.38. The zero-order valence-corrected chi connectivity index (χ0v) is 14.9. The van der Waals surface area contributed by atoms with Gasteiger partial charge in [0.25, 0.3) is 0 Å². The van der Waals surface area contributed by atoms with E-state index in [1.807, 2.05) is 67.6 Å². The Bertz CT molecular complexity index is 876. The quantitative estimate of drug-likeness (QED) is 0.710. The van der Waals surface area contributed by atoms with Crippen LogP contribution in [-0.2, 0) is 0 Å². The molecule has 0 saturated carbocycles. The van der Waals surface area contributed by atoms with Gasteiger partial charge in [-0.05, 0) is 44.0 Å². The largest absolute Gasteiger partial charge is 0.455 e. The highest BCUT2D eigenvalue weighted by atomic mass is 16.5. The Balaban J connectivity index is 1.59. The minimum atomic E-state index is 0.594. The van der Waals surface area contributed by atoms with Crippen molar-refractivity contribution in [3.05, 3.63) is 66.4 Å². The lowest BCUT2D eigenvalue weighted by atomic mass is 10.3. The highest BCUT2D eigenvalue weighted by molar-refractivity contribution is 5.64. The minimum Gasteiger partial charge on any atom is -0.455 e. The van der Waals surface area contributed by atoms with Crippen LogP contribution in [0.1, 0.15) is 18.5 Å². The van der Waals surface area contributed by atoms with Gasteiger partial charge in [0, 0.05) is 24.8 Å². The topological polar surface area (TPSA) is 50.3 Å². The van der Waals surface area contributed by atoms with Crippen LogP contribution in [0.4, 0.5) is 17.5 Å². The molecule has 1 aromatic heterocycles. The van der Waals surface area contributed by atoms with Crippen molar-refractivity contribution in [2.75, 3.05) is 23.3 Å². The molecule has 1 fully saturated rings. The molecule has 1 N–H and O–H groups in total. The fourth-order valence-electron chi connectivity index (χ4n) is 3.11. The third-order valence-electron chi connectivity index (χ3n) is 4.38. The lowest BCUT2D eigenvalue weighted by Crippen LogP contribution is -2.19. The standard InChI is InChI=1S/C21H22N4O/c1-16-15-20(25-13-7-8-14-25)24-21(22-16)23-18-11-5-6-12-19(18)26-17-9-3-2-4-10-17/h2-6,9-12,15H,7-8,13-14H2,1H3,(H,22,23,24). The van der Waals surface area contributed by atoms with E-state index in [0.29, 0.717) is 5.95 Å². The van der Waals surface area contributed by atoms with Crippen LogP contribution in [0.2, 0.25) is 0 Å². The molecule has 132 valence electrons. The smallest absolute Gasteiger partial charge is 0.229 e. The Morgan fingerprint density at radius 3 is 2.46 bits per heavy atom. The molecule has 0 bridgehead atoms. The van der Waals surface area contributed by atoms with Crippen LogP contribution in [0.15, 0.2) is 60.7 Å². The van der Waals surface area contributed by atoms with Crippen molar-refractivity contribution in [1.82, 2.24) is 9.97 Å². The van der Waals surface area contributed by atoms with Crippen LogP contribution < -0.4 is 15.0 Å². The summed E-state index contributed by atoms with van der Waals surface area (Å²) in [5.41, 5.74) is 1.79. The van der Waals surface area contributed by atoms with E-state index in [1.165, 1.54) is 12.8 Å². The van der Waals surface area contributed by atoms with Gasteiger partial charge < -0.3 is 15.0 Å². The highest BCUT2D eigenvalue weighted by Crippen LogP contribution is 2.31. The van der Waals surface area contributed by atoms with Crippen molar-refractivity contribution in [2.45, 2.75) is 19.8 Å². The second-order valence-corrected chi connectivity index (χ2v) is 6.42. The Morgan fingerprint density at radius 1 is 0.923 bits per heavy atom. The molecule has 0 amide bonds. The number of rotatable bonds is 5. The second kappa shape index (κ2) is 7.44. The number of hydrogen-bond donors (Lipinski definition) is 1. The summed E-state index contributed by atoms with van der Waals surface area (Å²) in [5.74, 6) is 3.12. The molecule has 26 heavy (non-hydrogen) atoms. The molecule has 0 unspecified atom stereocenters. The van der Waals surface area contributed by atoms with E-state index in [0.717, 1.165) is 41.8 Å². The summed E-state index contributed by atoms with van der Waals surface area (Å²) in [6.45, 7) is 4.12. The number of hydrogen-bond acceptors (Lipinski definition) is 5. The first-order valence-electron chi connectivity index (χ1n) is 8.97. The molecule has 2 aromatic carbocycles. The van der Waals surface area contributed by atoms with Gasteiger partial charge in [0.2, 0.25) is 5.95 Å². The molecule has 0 aliphatic carbocycles. The van der Waals surface area contributed by atoms with Crippen LogP contribution >= 0.6 is 0 Å². The molecular formula is C21H22N4O. The normalized spacial score (nSPS) is 13.7. The van der Waals surface area contributed by atoms with E-state index in [9.17, 15) is 0 Å². The monoisotopic (exact) mass is 346 g/mol. The predicted molar refractivity (Wildman–Crippen MR) is 104 cm³/mol. The molecule has 3 aromatic rings. The van der Waals surface area contributed by atoms with Gasteiger partial charge in [-0.15, -0.1) is 0 Å². The summed E-state index contributed by atoms with van der Waals surface area (Å²) in [7, 11) is 0. The van der Waals surface area contributed by atoms with Crippen LogP contribution in [0.5, 0.6) is 11.5 Å². The summed E-state index contributed by atoms with van der Waals surface area (Å²) in [5, 5.41) is 3.32. The SMILES string of the molecule is Cc1cc(N2CCCC2)nc(Nc2ccccc2Oc2ccccc2)n1. The third kappa shape index (κ3) is 3.77. The second-order valence-electron chi connectivity index (χ2n) is 6.42. The maximum Gasteiger partial charge on any atom is 0.229 e. The summed E-state index contributed by atoms with van der Waals surface area (Å²) < 4.78 is 6.01. The number of aromatic nitrogens is 2. The van der Waals surface area contributed by atoms with Crippen molar-refractivity contribution in [3.63, 3.8) is 0 Å². The number of nitrogens with zero attached hydrogens (tertiary/aromatic N) is 3. The van der Waals surface area contributed by atoms with Gasteiger partial charge in [-0.2, -0.15) is 4.98 Å². The van der Waals surface area contributed by atoms with Crippen LogP contribution in [-0.4, -0.2) is 23.1 Å². The molecule has 1 aliphatic rings. The first-order chi connectivity index (χ1) is 12.8. The van der Waals surface area contributed by atoms with Crippen molar-refractivity contribution < 1.29 is 4.74 Å². The van der Waals surface area contributed by atoms with E-state index >= 15 is 0 Å². The maximum atomic E-state index is 6.01. The molecule has 5 nitrogen and oxygen atoms in total. The van der Waals surface area contributed by atoms with Crippen molar-refractivity contribution in [3.8, 4) is 11.5 Å². The zero-order valence-electron chi connectivity index (χ0n) is 14.9. The summed E-state index contributed by atoms with van der Waals surface area (Å²) in [6.07, 6.45) is 2.44. The van der Waals surface area contributed by atoms with E-state index in [2.05, 4.69) is 15.2 Å². The Kier molecular flexibility index (Phi) is 4.69. The van der Waals surface area contributed by atoms with Crippen LogP contribution in [0, 0.1) is 6.92 Å². The fraction of sp³-hybridized carbons (Fsp3) is 0.238. The van der Waals surface area contributed by atoms with Crippen LogP contribution in [0.25, 0.3) is 0 Å². The molecule has 0 radical (unpaired) electrons. The summed E-state index contributed by atoms with van der Waals surface area (Å²) >= 11 is 0. The molecule has 5 heteroatoms. The fourth-order valence-corrected chi connectivity index (χ4v) is 3.11. The molecule has 4 rings (SSSR count). The predicted octanol–water partition coefficient (Wildman–Crippen LogP) is 4.92. The minimum absolute atomic E-state index is 0.594. The lowest BCUT2D eigenvalue weighted by molar-refractivity contribution is 0.485. The van der Waals surface area contributed by atoms with Crippen molar-refractivity contribution >= 4 is 17.5 Å². The molecule has 1 aliphatic heterocycles. The molecule has 0 atom stereocenters. The van der Waals surface area contributed by atoms with Gasteiger partial charge in [-0.1, -0.05) is 30.3 Å². The van der Waals surface area contributed by atoms with Gasteiger partial charge in [0.1, 0.15) is 11.6 Å². The lowest BCUT2D eigenvalue weighted by Gasteiger charge is -2.18. The van der Waals surface area contributed by atoms with E-state index in [-0.39, 0.29) is 0 Å². The highest BCUT2D eigenvalue weighted by Gasteiger charge is 2.15. The Morgan fingerprint density at radius 2 is 1.65 bits per heavy atom. The van der Waals surface area contributed by atoms with E-state index in [1.54, 1.807) is 0 Å². The van der Waals surface area contributed by atoms with Gasteiger partial charge in [-0.25, -0.2) is 4.98 Å². The number of benzene rings is 2. The van der Waals surface area contributed by atoms with E-state index in [4.69, 9.17) is 9.72 Å². The molecule has 1 saturated heterocycles. The Labute approximate surface area is 153 Å². The zero-order chi connectivity index (χ0) is 17.8. The molecular weight excluding hydrogens is 324 g/mol. The van der Waals surface area contributed by atoms with Gasteiger partial charge in [0.05, 0.1) is 5.69 Å². The number of anilines is 3. The average Bonchev–Trinajstić information content (AvgIpc) is 3.19. The summed E-state index contributed by atoms with van der Waals surface area (Å²) in [6, 6.07) is 19.6. The number of ether oxygens (including phenoxy) is 1. The van der Waals surface area contributed by atoms with Crippen molar-refractivity contribution in [1.29, 1.82) is 0 Å². The van der Waals surface area contributed by atoms with Crippen LogP contribution in [0.3, 0.4) is 0 Å². The number of nitrogens with one attached hydrogen (secondary N) is 1. The number of aryl methyl sites for hydroxylation is 1. The number of para-hydroxylation sites is 3. The average molecular weight is 346 g/mol. The van der Waals surface area contributed by atoms with E-state index < -0.39 is 0 Å². The van der Waals surface area contributed by atoms with Gasteiger partial charge >= 0.3 is 0 Å². The van der Waals surface area contributed by atoms with Gasteiger partial charge in [0.15, 0.2) is 5.75 Å². The first-order valence-corrected chi connectivity index (χ1v) is 8.97.